The molecule has 1 saturated carbocycles. The Morgan fingerprint density at radius 1 is 1.12 bits per heavy atom. The zero-order valence-electron chi connectivity index (χ0n) is 20.4. The zero-order valence-corrected chi connectivity index (χ0v) is 21.2. The van der Waals surface area contributed by atoms with Crippen molar-refractivity contribution in [3.8, 4) is 5.75 Å². The Kier molecular flexibility index (Phi) is 6.20. The molecule has 0 bridgehead atoms. The van der Waals surface area contributed by atoms with Crippen molar-refractivity contribution in [2.45, 2.75) is 70.9 Å². The predicted molar refractivity (Wildman–Crippen MR) is 134 cm³/mol. The fraction of sp³-hybridized carbons (Fsp3) is 0.500. The minimum Gasteiger partial charge on any atom is -0.491 e. The number of hydrogen-bond donors (Lipinski definition) is 1. The number of rotatable bonds is 6. The van der Waals surface area contributed by atoms with Gasteiger partial charge in [-0.05, 0) is 86.9 Å². The fourth-order valence-corrected chi connectivity index (χ4v) is 5.91. The third-order valence-electron chi connectivity index (χ3n) is 6.30. The molecule has 1 fully saturated rings. The van der Waals surface area contributed by atoms with Gasteiger partial charge in [0.1, 0.15) is 5.75 Å². The number of sulfone groups is 1. The van der Waals surface area contributed by atoms with Gasteiger partial charge in [-0.25, -0.2) is 13.4 Å². The van der Waals surface area contributed by atoms with Gasteiger partial charge in [0.05, 0.1) is 22.0 Å². The van der Waals surface area contributed by atoms with Crippen molar-refractivity contribution in [3.63, 3.8) is 0 Å². The highest BCUT2D eigenvalue weighted by Gasteiger charge is 2.34. The van der Waals surface area contributed by atoms with E-state index in [1.54, 1.807) is 12.1 Å². The summed E-state index contributed by atoms with van der Waals surface area (Å²) in [6.45, 7) is 10.9. The van der Waals surface area contributed by atoms with Crippen LogP contribution in [-0.4, -0.2) is 30.3 Å². The van der Waals surface area contributed by atoms with Crippen LogP contribution in [0.15, 0.2) is 47.4 Å². The highest BCUT2D eigenvalue weighted by atomic mass is 32.2. The maximum Gasteiger partial charge on any atom is 0.208 e. The molecule has 178 valence electrons. The molecule has 1 heterocycles. The molecule has 6 nitrogen and oxygen atoms in total. The molecule has 0 amide bonds. The van der Waals surface area contributed by atoms with Crippen molar-refractivity contribution < 1.29 is 13.2 Å². The number of anilines is 2. The largest absolute Gasteiger partial charge is 0.491 e. The molecule has 3 aromatic rings. The van der Waals surface area contributed by atoms with Crippen LogP contribution in [0.3, 0.4) is 0 Å². The molecule has 2 atom stereocenters. The van der Waals surface area contributed by atoms with Crippen molar-refractivity contribution in [3.05, 3.63) is 42.5 Å². The average molecular weight is 470 g/mol. The summed E-state index contributed by atoms with van der Waals surface area (Å²) in [4.78, 5) is 5.20. The summed E-state index contributed by atoms with van der Waals surface area (Å²) >= 11 is 0. The highest BCUT2D eigenvalue weighted by molar-refractivity contribution is 7.90. The summed E-state index contributed by atoms with van der Waals surface area (Å²) in [6.07, 6.45) is 4.61. The van der Waals surface area contributed by atoms with E-state index < -0.39 is 9.84 Å². The van der Waals surface area contributed by atoms with E-state index in [1.165, 1.54) is 12.7 Å². The van der Waals surface area contributed by atoms with Gasteiger partial charge >= 0.3 is 0 Å². The molecule has 7 heteroatoms. The van der Waals surface area contributed by atoms with Crippen molar-refractivity contribution >= 4 is 32.5 Å². The van der Waals surface area contributed by atoms with Gasteiger partial charge in [-0.1, -0.05) is 20.8 Å². The number of hydrogen-bond acceptors (Lipinski definition) is 5. The predicted octanol–water partition coefficient (Wildman–Crippen LogP) is 6.36. The van der Waals surface area contributed by atoms with E-state index in [1.807, 2.05) is 44.2 Å². The minimum atomic E-state index is -3.32. The molecule has 0 spiro atoms. The van der Waals surface area contributed by atoms with Gasteiger partial charge < -0.3 is 14.6 Å². The zero-order chi connectivity index (χ0) is 24.0. The number of imidazole rings is 1. The lowest BCUT2D eigenvalue weighted by Crippen LogP contribution is -2.29. The first-order valence-electron chi connectivity index (χ1n) is 11.7. The van der Waals surface area contributed by atoms with Gasteiger partial charge in [0.25, 0.3) is 0 Å². The average Bonchev–Trinajstić information content (AvgIpc) is 3.04. The van der Waals surface area contributed by atoms with E-state index in [0.29, 0.717) is 10.8 Å². The third-order valence-corrected chi connectivity index (χ3v) is 7.41. The summed E-state index contributed by atoms with van der Waals surface area (Å²) in [7, 11) is -3.32. The first-order chi connectivity index (χ1) is 15.4. The molecule has 1 N–H and O–H groups in total. The quantitative estimate of drug-likeness (QED) is 0.455. The minimum absolute atomic E-state index is 0.119. The van der Waals surface area contributed by atoms with Crippen LogP contribution in [0.1, 0.15) is 59.9 Å². The third kappa shape index (κ3) is 5.35. The summed E-state index contributed by atoms with van der Waals surface area (Å²) in [5.74, 6) is 2.14. The number of ether oxygens (including phenoxy) is 1. The molecule has 0 saturated heterocycles. The van der Waals surface area contributed by atoms with Crippen molar-refractivity contribution in [1.82, 2.24) is 9.55 Å². The van der Waals surface area contributed by atoms with Crippen LogP contribution >= 0.6 is 0 Å². The van der Waals surface area contributed by atoms with E-state index in [4.69, 9.17) is 9.72 Å². The lowest BCUT2D eigenvalue weighted by molar-refractivity contribution is 0.140. The molecule has 2 aromatic carbocycles. The summed E-state index contributed by atoms with van der Waals surface area (Å²) < 4.78 is 32.5. The molecule has 33 heavy (non-hydrogen) atoms. The molecule has 0 radical (unpaired) electrons. The van der Waals surface area contributed by atoms with Crippen LogP contribution in [0.5, 0.6) is 5.75 Å². The first kappa shape index (κ1) is 23.6. The molecule has 1 aliphatic rings. The molecule has 1 aliphatic carbocycles. The molecular formula is C26H35N3O3S. The van der Waals surface area contributed by atoms with Gasteiger partial charge in [0, 0.05) is 18.0 Å². The topological polar surface area (TPSA) is 73.2 Å². The van der Waals surface area contributed by atoms with Crippen LogP contribution in [-0.2, 0) is 9.84 Å². The number of nitrogens with zero attached hydrogens (tertiary/aromatic N) is 2. The van der Waals surface area contributed by atoms with Gasteiger partial charge in [0.15, 0.2) is 9.84 Å². The van der Waals surface area contributed by atoms with Crippen molar-refractivity contribution in [2.75, 3.05) is 11.6 Å². The maximum atomic E-state index is 12.3. The number of aromatic nitrogens is 2. The van der Waals surface area contributed by atoms with Crippen LogP contribution in [0.2, 0.25) is 0 Å². The smallest absolute Gasteiger partial charge is 0.208 e. The Morgan fingerprint density at radius 2 is 1.82 bits per heavy atom. The molecule has 0 unspecified atom stereocenters. The van der Waals surface area contributed by atoms with E-state index in [9.17, 15) is 8.42 Å². The molecule has 0 aliphatic heterocycles. The Hall–Kier alpha value is -2.54. The van der Waals surface area contributed by atoms with Gasteiger partial charge in [-0.3, -0.25) is 0 Å². The van der Waals surface area contributed by atoms with Crippen LogP contribution < -0.4 is 10.1 Å². The maximum absolute atomic E-state index is 12.3. The van der Waals surface area contributed by atoms with E-state index in [0.717, 1.165) is 41.3 Å². The fourth-order valence-electron chi connectivity index (χ4n) is 5.27. The Morgan fingerprint density at radius 3 is 2.42 bits per heavy atom. The molecule has 1 aromatic heterocycles. The second-order valence-corrected chi connectivity index (χ2v) is 12.6. The number of nitrogens with one attached hydrogen (secondary N) is 1. The van der Waals surface area contributed by atoms with Crippen LogP contribution in [0.4, 0.5) is 11.6 Å². The van der Waals surface area contributed by atoms with Crippen molar-refractivity contribution in [2.24, 2.45) is 11.3 Å². The lowest BCUT2D eigenvalue weighted by Gasteiger charge is -2.40. The van der Waals surface area contributed by atoms with Crippen LogP contribution in [0.25, 0.3) is 11.0 Å². The van der Waals surface area contributed by atoms with Gasteiger partial charge in [-0.2, -0.15) is 0 Å². The van der Waals surface area contributed by atoms with Crippen molar-refractivity contribution in [1.29, 1.82) is 0 Å². The number of benzene rings is 2. The molecule has 4 rings (SSSR count). The summed E-state index contributed by atoms with van der Waals surface area (Å²) in [5, 5.41) is 3.49. The van der Waals surface area contributed by atoms with E-state index in [2.05, 4.69) is 30.7 Å². The number of fused-ring (bicyclic) bond motifs is 1. The monoisotopic (exact) mass is 469 g/mol. The van der Waals surface area contributed by atoms with E-state index in [-0.39, 0.29) is 17.6 Å². The SMILES string of the molecule is CC(C)Oc1ccc(Nc2nc3ccc(S(C)(=O)=O)cc3n2[C@@H]2C[C@H](C)CC(C)(C)C2)cc1. The Labute approximate surface area is 197 Å². The van der Waals surface area contributed by atoms with Gasteiger partial charge in [0.2, 0.25) is 5.95 Å². The molecular weight excluding hydrogens is 434 g/mol. The highest BCUT2D eigenvalue weighted by Crippen LogP contribution is 2.46. The van der Waals surface area contributed by atoms with E-state index >= 15 is 0 Å². The normalized spacial score (nSPS) is 20.8. The lowest BCUT2D eigenvalue weighted by atomic mass is 9.70. The standard InChI is InChI=1S/C26H35N3O3S/c1-17(2)32-21-9-7-19(8-10-21)27-25-28-23-12-11-22(33(6,30)31)14-24(23)29(25)20-13-18(3)15-26(4,5)16-20/h7-12,14,17-18,20H,13,15-16H2,1-6H3,(H,27,28)/t18-,20+/m0/s1. The Bertz CT molecular complexity index is 1240. The Balaban J connectivity index is 1.79. The second kappa shape index (κ2) is 8.67. The first-order valence-corrected chi connectivity index (χ1v) is 13.6. The second-order valence-electron chi connectivity index (χ2n) is 10.6. The summed E-state index contributed by atoms with van der Waals surface area (Å²) in [5.41, 5.74) is 2.77. The van der Waals surface area contributed by atoms with Crippen LogP contribution in [0, 0.1) is 11.3 Å². The van der Waals surface area contributed by atoms with Gasteiger partial charge in [-0.15, -0.1) is 0 Å². The summed E-state index contributed by atoms with van der Waals surface area (Å²) in [6, 6.07) is 13.3.